The van der Waals surface area contributed by atoms with Crippen molar-refractivity contribution >= 4 is 17.9 Å². The largest absolute Gasteiger partial charge is 0.444 e. The van der Waals surface area contributed by atoms with Crippen molar-refractivity contribution in [2.24, 2.45) is 5.92 Å². The maximum absolute atomic E-state index is 14.3. The number of nitrogens with one attached hydrogen (secondary N) is 2. The molecule has 1 fully saturated rings. The van der Waals surface area contributed by atoms with Gasteiger partial charge in [-0.05, 0) is 84.8 Å². The zero-order valence-electron chi connectivity index (χ0n) is 23.0. The van der Waals surface area contributed by atoms with Crippen LogP contribution in [0, 0.1) is 12.8 Å². The fraction of sp³-hybridized carbons (Fsp3) is 0.679. The summed E-state index contributed by atoms with van der Waals surface area (Å²) in [5.41, 5.74) is 0.599. The molecule has 1 aliphatic rings. The standard InChI is InChI=1S/C28H45N3O4/c1-10-18(2)22(29-26(34)35-28(7,8)9)25(33)31(20-15-13-16-20)23(24(32)30-27(4,5)6)21-17-12-11-14-19(21)3/h11-12,14,17-18,20,22-23H,10,13,15-16H2,1-9H3,(H,29,34)(H,30,32). The second kappa shape index (κ2) is 11.4. The van der Waals surface area contributed by atoms with E-state index in [1.165, 1.54) is 0 Å². The molecule has 196 valence electrons. The summed E-state index contributed by atoms with van der Waals surface area (Å²) in [5, 5.41) is 5.92. The van der Waals surface area contributed by atoms with Gasteiger partial charge < -0.3 is 20.3 Å². The van der Waals surface area contributed by atoms with Gasteiger partial charge in [-0.15, -0.1) is 0 Å². The zero-order valence-corrected chi connectivity index (χ0v) is 23.0. The monoisotopic (exact) mass is 487 g/mol. The summed E-state index contributed by atoms with van der Waals surface area (Å²) in [4.78, 5) is 42.4. The minimum absolute atomic E-state index is 0.0650. The van der Waals surface area contributed by atoms with Crippen molar-refractivity contribution in [1.29, 1.82) is 0 Å². The smallest absolute Gasteiger partial charge is 0.408 e. The SMILES string of the molecule is CCC(C)C(NC(=O)OC(C)(C)C)C(=O)N(C1CCC1)C(C(=O)NC(C)(C)C)c1ccccc1C. The summed E-state index contributed by atoms with van der Waals surface area (Å²) in [5.74, 6) is -0.597. The molecule has 0 spiro atoms. The van der Waals surface area contributed by atoms with Gasteiger partial charge >= 0.3 is 6.09 Å². The van der Waals surface area contributed by atoms with E-state index in [1.807, 2.05) is 65.8 Å². The number of ether oxygens (including phenoxy) is 1. The quantitative estimate of drug-likeness (QED) is 0.523. The first-order valence-electron chi connectivity index (χ1n) is 12.8. The molecule has 0 aliphatic heterocycles. The average Bonchev–Trinajstić information content (AvgIpc) is 2.67. The van der Waals surface area contributed by atoms with Crippen LogP contribution in [0.1, 0.15) is 98.2 Å². The molecule has 3 atom stereocenters. The summed E-state index contributed by atoms with van der Waals surface area (Å²) in [6.45, 7) is 17.1. The summed E-state index contributed by atoms with van der Waals surface area (Å²) >= 11 is 0. The van der Waals surface area contributed by atoms with Gasteiger partial charge in [-0.1, -0.05) is 44.5 Å². The molecule has 3 amide bonds. The number of carbonyl (C=O) groups excluding carboxylic acids is 3. The van der Waals surface area contributed by atoms with E-state index in [4.69, 9.17) is 4.74 Å². The molecule has 35 heavy (non-hydrogen) atoms. The molecule has 0 bridgehead atoms. The lowest BCUT2D eigenvalue weighted by Crippen LogP contribution is -2.60. The number of aryl methyl sites for hydroxylation is 1. The lowest BCUT2D eigenvalue weighted by molar-refractivity contribution is -0.149. The van der Waals surface area contributed by atoms with Crippen molar-refractivity contribution in [3.8, 4) is 0 Å². The highest BCUT2D eigenvalue weighted by atomic mass is 16.6. The molecule has 0 heterocycles. The van der Waals surface area contributed by atoms with E-state index in [0.717, 1.165) is 30.4 Å². The van der Waals surface area contributed by atoms with Gasteiger partial charge in [0.05, 0.1) is 0 Å². The van der Waals surface area contributed by atoms with Gasteiger partial charge in [0.15, 0.2) is 0 Å². The molecule has 1 aliphatic carbocycles. The van der Waals surface area contributed by atoms with Crippen LogP contribution in [-0.2, 0) is 14.3 Å². The summed E-state index contributed by atoms with van der Waals surface area (Å²) in [6, 6.07) is 6.05. The molecule has 0 radical (unpaired) electrons. The number of alkyl carbamates (subject to hydrolysis) is 1. The van der Waals surface area contributed by atoms with Gasteiger partial charge in [0, 0.05) is 11.6 Å². The van der Waals surface area contributed by atoms with Crippen LogP contribution in [0.15, 0.2) is 24.3 Å². The third-order valence-electron chi connectivity index (χ3n) is 6.38. The summed E-state index contributed by atoms with van der Waals surface area (Å²) in [7, 11) is 0. The van der Waals surface area contributed by atoms with Crippen molar-refractivity contribution in [3.05, 3.63) is 35.4 Å². The molecule has 7 heteroatoms. The Labute approximate surface area is 211 Å². The topological polar surface area (TPSA) is 87.7 Å². The molecule has 2 N–H and O–H groups in total. The molecule has 0 saturated heterocycles. The molecular formula is C28H45N3O4. The predicted octanol–water partition coefficient (Wildman–Crippen LogP) is 5.27. The van der Waals surface area contributed by atoms with Crippen LogP contribution in [0.2, 0.25) is 0 Å². The van der Waals surface area contributed by atoms with Gasteiger partial charge in [0.2, 0.25) is 11.8 Å². The van der Waals surface area contributed by atoms with E-state index in [0.29, 0.717) is 6.42 Å². The van der Waals surface area contributed by atoms with E-state index in [9.17, 15) is 14.4 Å². The van der Waals surface area contributed by atoms with Gasteiger partial charge in [-0.25, -0.2) is 4.79 Å². The van der Waals surface area contributed by atoms with Crippen LogP contribution in [-0.4, -0.2) is 46.0 Å². The Morgan fingerprint density at radius 2 is 1.69 bits per heavy atom. The molecule has 1 aromatic carbocycles. The summed E-state index contributed by atoms with van der Waals surface area (Å²) in [6.07, 6.45) is 2.72. The summed E-state index contributed by atoms with van der Waals surface area (Å²) < 4.78 is 5.47. The Morgan fingerprint density at radius 1 is 1.09 bits per heavy atom. The Hall–Kier alpha value is -2.57. The second-order valence-corrected chi connectivity index (χ2v) is 11.8. The second-order valence-electron chi connectivity index (χ2n) is 11.8. The van der Waals surface area contributed by atoms with Gasteiger partial charge in [0.25, 0.3) is 0 Å². The molecule has 1 aromatic rings. The van der Waals surface area contributed by atoms with Crippen molar-refractivity contribution < 1.29 is 19.1 Å². The number of rotatable bonds is 8. The Balaban J connectivity index is 2.54. The van der Waals surface area contributed by atoms with Crippen LogP contribution in [0.5, 0.6) is 0 Å². The first-order chi connectivity index (χ1) is 16.1. The predicted molar refractivity (Wildman–Crippen MR) is 139 cm³/mol. The lowest BCUT2D eigenvalue weighted by atomic mass is 9.86. The maximum Gasteiger partial charge on any atom is 0.408 e. The lowest BCUT2D eigenvalue weighted by Gasteiger charge is -2.45. The molecule has 0 aromatic heterocycles. The normalized spacial score (nSPS) is 16.9. The van der Waals surface area contributed by atoms with E-state index >= 15 is 0 Å². The third kappa shape index (κ3) is 7.97. The van der Waals surface area contributed by atoms with Crippen LogP contribution in [0.3, 0.4) is 0 Å². The molecule has 3 unspecified atom stereocenters. The third-order valence-corrected chi connectivity index (χ3v) is 6.38. The number of benzene rings is 1. The van der Waals surface area contributed by atoms with Crippen molar-refractivity contribution in [2.45, 2.75) is 117 Å². The van der Waals surface area contributed by atoms with Gasteiger partial charge in [0.1, 0.15) is 17.7 Å². The van der Waals surface area contributed by atoms with Crippen molar-refractivity contribution in [3.63, 3.8) is 0 Å². The first-order valence-corrected chi connectivity index (χ1v) is 12.8. The molecular weight excluding hydrogens is 442 g/mol. The maximum atomic E-state index is 14.3. The van der Waals surface area contributed by atoms with Crippen LogP contribution >= 0.6 is 0 Å². The Bertz CT molecular complexity index is 896. The van der Waals surface area contributed by atoms with Crippen molar-refractivity contribution in [1.82, 2.24) is 15.5 Å². The van der Waals surface area contributed by atoms with Crippen LogP contribution < -0.4 is 10.6 Å². The van der Waals surface area contributed by atoms with E-state index in [-0.39, 0.29) is 23.8 Å². The number of amides is 3. The van der Waals surface area contributed by atoms with Crippen molar-refractivity contribution in [2.75, 3.05) is 0 Å². The number of hydrogen-bond acceptors (Lipinski definition) is 4. The van der Waals surface area contributed by atoms with Crippen LogP contribution in [0.4, 0.5) is 4.79 Å². The van der Waals surface area contributed by atoms with Gasteiger partial charge in [-0.3, -0.25) is 9.59 Å². The van der Waals surface area contributed by atoms with Gasteiger partial charge in [-0.2, -0.15) is 0 Å². The molecule has 1 saturated carbocycles. The zero-order chi connectivity index (χ0) is 26.6. The highest BCUT2D eigenvalue weighted by Gasteiger charge is 2.44. The number of nitrogens with zero attached hydrogens (tertiary/aromatic N) is 1. The minimum Gasteiger partial charge on any atom is -0.444 e. The van der Waals surface area contributed by atoms with E-state index in [1.54, 1.807) is 25.7 Å². The minimum atomic E-state index is -0.801. The fourth-order valence-corrected chi connectivity index (χ4v) is 4.21. The Kier molecular flexibility index (Phi) is 9.37. The molecule has 2 rings (SSSR count). The highest BCUT2D eigenvalue weighted by molar-refractivity contribution is 5.93. The first kappa shape index (κ1) is 28.7. The molecule has 7 nitrogen and oxygen atoms in total. The fourth-order valence-electron chi connectivity index (χ4n) is 4.21. The van der Waals surface area contributed by atoms with Crippen LogP contribution in [0.25, 0.3) is 0 Å². The van der Waals surface area contributed by atoms with E-state index < -0.39 is 29.3 Å². The number of hydrogen-bond donors (Lipinski definition) is 2. The number of carbonyl (C=O) groups is 3. The highest BCUT2D eigenvalue weighted by Crippen LogP contribution is 2.35. The average molecular weight is 488 g/mol. The van der Waals surface area contributed by atoms with E-state index in [2.05, 4.69) is 10.6 Å². The Morgan fingerprint density at radius 3 is 2.14 bits per heavy atom.